The summed E-state index contributed by atoms with van der Waals surface area (Å²) in [5, 5.41) is 0. The van der Waals surface area contributed by atoms with Crippen LogP contribution in [0.3, 0.4) is 0 Å². The first kappa shape index (κ1) is 16.7. The van der Waals surface area contributed by atoms with Crippen molar-refractivity contribution in [2.45, 2.75) is 6.92 Å². The van der Waals surface area contributed by atoms with Crippen LogP contribution in [0.2, 0.25) is 0 Å². The number of rotatable bonds is 0. The van der Waals surface area contributed by atoms with Gasteiger partial charge in [-0.15, -0.1) is 0 Å². The van der Waals surface area contributed by atoms with Crippen molar-refractivity contribution in [3.05, 3.63) is 60.7 Å². The second-order valence-electron chi connectivity index (χ2n) is 2.19. The molecule has 2 heteroatoms. The Morgan fingerprint density at radius 1 is 0.857 bits per heavy atom. The van der Waals surface area contributed by atoms with E-state index in [1.807, 2.05) is 60.7 Å². The molecule has 0 aliphatic carbocycles. The molecule has 0 unspecified atom stereocenters. The molecule has 2 aromatic carbocycles. The molecular weight excluding hydrogens is 362 g/mol. The maximum atomic E-state index is 2.29. The molecule has 0 aliphatic rings. The van der Waals surface area contributed by atoms with E-state index >= 15 is 0 Å². The van der Waals surface area contributed by atoms with Gasteiger partial charge >= 0.3 is 26.2 Å². The van der Waals surface area contributed by atoms with Crippen molar-refractivity contribution >= 4 is 22.6 Å². The summed E-state index contributed by atoms with van der Waals surface area (Å²) in [6.45, 7) is 2.11. The molecule has 0 saturated heterocycles. The average molecular weight is 377 g/mol. The van der Waals surface area contributed by atoms with Crippen LogP contribution in [0.5, 0.6) is 0 Å². The predicted molar refractivity (Wildman–Crippen MR) is 68.6 cm³/mol. The van der Waals surface area contributed by atoms with Gasteiger partial charge in [-0.2, -0.15) is 36.4 Å². The van der Waals surface area contributed by atoms with Crippen molar-refractivity contribution in [1.29, 1.82) is 0 Å². The molecule has 0 spiro atoms. The Balaban J connectivity index is 0. The molecule has 2 rings (SSSR count). The molecule has 0 heterocycles. The van der Waals surface area contributed by atoms with Crippen LogP contribution in [-0.4, -0.2) is 4.43 Å². The van der Waals surface area contributed by atoms with E-state index < -0.39 is 0 Å². The monoisotopic (exact) mass is 376 g/mol. The van der Waals surface area contributed by atoms with Crippen LogP contribution >= 0.6 is 22.6 Å². The number of hydrogen-bond acceptors (Lipinski definition) is 0. The van der Waals surface area contributed by atoms with Crippen molar-refractivity contribution in [3.63, 3.8) is 0 Å². The van der Waals surface area contributed by atoms with E-state index in [2.05, 4.69) is 29.5 Å². The Hall–Kier alpha value is 0.313. The Morgan fingerprint density at radius 2 is 1.07 bits per heavy atom. The summed E-state index contributed by atoms with van der Waals surface area (Å²) in [5.74, 6) is 0. The Bertz CT molecular complexity index is 162. The molecule has 2 aromatic rings. The van der Waals surface area contributed by atoms with Gasteiger partial charge in [-0.25, -0.2) is 24.3 Å². The number of alkyl halides is 1. The average Bonchev–Trinajstić information content (AvgIpc) is 2.85. The van der Waals surface area contributed by atoms with E-state index in [1.165, 1.54) is 4.43 Å². The van der Waals surface area contributed by atoms with Crippen molar-refractivity contribution in [1.82, 2.24) is 0 Å². The number of halogens is 1. The van der Waals surface area contributed by atoms with Crippen molar-refractivity contribution in [2.24, 2.45) is 0 Å². The van der Waals surface area contributed by atoms with Gasteiger partial charge in [0, 0.05) is 0 Å². The maximum absolute atomic E-state index is 2.29. The first-order valence-corrected chi connectivity index (χ1v) is 5.83. The molecule has 0 fully saturated rings. The molecule has 0 aromatic heterocycles. The summed E-state index contributed by atoms with van der Waals surface area (Å²) in [5.41, 5.74) is 0. The fourth-order valence-electron chi connectivity index (χ4n) is 0.642. The Labute approximate surface area is 120 Å². The standard InChI is InChI=1S/2C5H5.C2H5I.Zr/c2*1-2-4-5-3-1;1-2-3;/h2*1-5H;2H2,1H3;/q2*-1;;+2. The topological polar surface area (TPSA) is 0 Å². The Morgan fingerprint density at radius 3 is 1.14 bits per heavy atom. The zero-order valence-corrected chi connectivity index (χ0v) is 13.0. The van der Waals surface area contributed by atoms with Gasteiger partial charge in [-0.1, -0.05) is 29.5 Å². The largest absolute Gasteiger partial charge is 2.00 e. The first-order valence-electron chi connectivity index (χ1n) is 4.31. The minimum Gasteiger partial charge on any atom is -0.214 e. The van der Waals surface area contributed by atoms with Crippen LogP contribution in [0.4, 0.5) is 0 Å². The summed E-state index contributed by atoms with van der Waals surface area (Å²) in [6, 6.07) is 20.0. The normalized spacial score (nSPS) is 7.00. The predicted octanol–water partition coefficient (Wildman–Crippen LogP) is 4.25. The van der Waals surface area contributed by atoms with E-state index in [9.17, 15) is 0 Å². The quantitative estimate of drug-likeness (QED) is 0.366. The van der Waals surface area contributed by atoms with E-state index in [1.54, 1.807) is 0 Å². The summed E-state index contributed by atoms with van der Waals surface area (Å²) >= 11 is 2.29. The minimum atomic E-state index is 0. The van der Waals surface area contributed by atoms with Crippen molar-refractivity contribution in [3.8, 4) is 0 Å². The van der Waals surface area contributed by atoms with Gasteiger partial charge in [0.1, 0.15) is 0 Å². The molecule has 0 atom stereocenters. The zero-order chi connectivity index (χ0) is 9.78. The van der Waals surface area contributed by atoms with Crippen LogP contribution in [0.25, 0.3) is 0 Å². The van der Waals surface area contributed by atoms with E-state index in [0.29, 0.717) is 0 Å². The zero-order valence-electron chi connectivity index (χ0n) is 8.36. The molecule has 0 bridgehead atoms. The maximum Gasteiger partial charge on any atom is 2.00 e. The minimum absolute atomic E-state index is 0. The summed E-state index contributed by atoms with van der Waals surface area (Å²) < 4.78 is 1.22. The van der Waals surface area contributed by atoms with Gasteiger partial charge in [0.2, 0.25) is 0 Å². The van der Waals surface area contributed by atoms with Crippen LogP contribution in [0, 0.1) is 0 Å². The molecule has 0 saturated carbocycles. The van der Waals surface area contributed by atoms with Crippen LogP contribution < -0.4 is 0 Å². The fraction of sp³-hybridized carbons (Fsp3) is 0.167. The summed E-state index contributed by atoms with van der Waals surface area (Å²) in [4.78, 5) is 0. The molecule has 14 heavy (non-hydrogen) atoms. The molecule has 74 valence electrons. The van der Waals surface area contributed by atoms with Gasteiger partial charge in [-0.05, 0) is 4.43 Å². The molecule has 0 radical (unpaired) electrons. The van der Waals surface area contributed by atoms with Gasteiger partial charge in [0.05, 0.1) is 0 Å². The first-order chi connectivity index (χ1) is 6.41. The molecule has 0 aliphatic heterocycles. The van der Waals surface area contributed by atoms with Crippen molar-refractivity contribution < 1.29 is 26.2 Å². The van der Waals surface area contributed by atoms with Crippen LogP contribution in [0.15, 0.2) is 60.7 Å². The third kappa shape index (κ3) is 14.8. The number of hydrogen-bond donors (Lipinski definition) is 0. The van der Waals surface area contributed by atoms with Gasteiger partial charge < -0.3 is 0 Å². The van der Waals surface area contributed by atoms with E-state index in [0.717, 1.165) is 0 Å². The molecule has 0 nitrogen and oxygen atoms in total. The van der Waals surface area contributed by atoms with E-state index in [-0.39, 0.29) is 26.2 Å². The molecular formula is C12H15IZr. The second kappa shape index (κ2) is 15.8. The Kier molecular flexibility index (Phi) is 18.8. The van der Waals surface area contributed by atoms with Gasteiger partial charge in [0.25, 0.3) is 0 Å². The van der Waals surface area contributed by atoms with Crippen LogP contribution in [-0.2, 0) is 26.2 Å². The van der Waals surface area contributed by atoms with Crippen LogP contribution in [0.1, 0.15) is 6.92 Å². The molecule has 0 N–H and O–H groups in total. The molecule has 0 amide bonds. The summed E-state index contributed by atoms with van der Waals surface area (Å²) in [7, 11) is 0. The fourth-order valence-corrected chi connectivity index (χ4v) is 0.642. The third-order valence-corrected chi connectivity index (χ3v) is 1.11. The third-order valence-electron chi connectivity index (χ3n) is 1.11. The van der Waals surface area contributed by atoms with Gasteiger partial charge in [-0.3, -0.25) is 0 Å². The summed E-state index contributed by atoms with van der Waals surface area (Å²) in [6.07, 6.45) is 0. The van der Waals surface area contributed by atoms with Gasteiger partial charge in [0.15, 0.2) is 0 Å². The van der Waals surface area contributed by atoms with E-state index in [4.69, 9.17) is 0 Å². The smallest absolute Gasteiger partial charge is 0.214 e. The van der Waals surface area contributed by atoms with Crippen molar-refractivity contribution in [2.75, 3.05) is 4.43 Å². The second-order valence-corrected chi connectivity index (χ2v) is 3.72. The SMILES string of the molecule is CCI.[Zr+2].c1cc[cH-]c1.c1cc[cH-]c1.